The van der Waals surface area contributed by atoms with Gasteiger partial charge in [0.25, 0.3) is 0 Å². The third-order valence-electron chi connectivity index (χ3n) is 1.78. The van der Waals surface area contributed by atoms with Crippen molar-refractivity contribution in [3.63, 3.8) is 0 Å². The number of hydrogen-bond donors (Lipinski definition) is 1. The zero-order valence-corrected chi connectivity index (χ0v) is 9.74. The van der Waals surface area contributed by atoms with E-state index in [1.807, 2.05) is 0 Å². The van der Waals surface area contributed by atoms with Crippen LogP contribution in [0.1, 0.15) is 20.8 Å². The first-order chi connectivity index (χ1) is 7.38. The smallest absolute Gasteiger partial charge is 0.428 e. The van der Waals surface area contributed by atoms with Crippen LogP contribution in [0.25, 0.3) is 0 Å². The van der Waals surface area contributed by atoms with Crippen molar-refractivity contribution in [2.75, 3.05) is 19.8 Å². The molecular weight excluding hydrogens is 214 g/mol. The predicted octanol–water partition coefficient (Wildman–Crippen LogP) is 0.453. The molecule has 1 N–H and O–H groups in total. The Hall–Kier alpha value is -1.14. The average Bonchev–Trinajstić information content (AvgIpc) is 2.16. The molecular formula is C10H17NO5. The number of carbonyl (C=O) groups is 2. The van der Waals surface area contributed by atoms with Crippen molar-refractivity contribution in [3.8, 4) is 0 Å². The summed E-state index contributed by atoms with van der Waals surface area (Å²) in [6, 6.07) is -0.596. The molecule has 0 aromatic heterocycles. The van der Waals surface area contributed by atoms with Crippen LogP contribution in [0.5, 0.6) is 0 Å². The summed E-state index contributed by atoms with van der Waals surface area (Å²) in [7, 11) is 0. The average molecular weight is 231 g/mol. The van der Waals surface area contributed by atoms with Gasteiger partial charge in [0.1, 0.15) is 11.6 Å². The van der Waals surface area contributed by atoms with Crippen LogP contribution >= 0.6 is 0 Å². The first-order valence-electron chi connectivity index (χ1n) is 5.14. The molecule has 1 saturated heterocycles. The minimum atomic E-state index is -0.982. The summed E-state index contributed by atoms with van der Waals surface area (Å²) in [5.74, 6) is -0.672. The second-order valence-electron chi connectivity index (χ2n) is 4.47. The molecule has 1 fully saturated rings. The van der Waals surface area contributed by atoms with Gasteiger partial charge in [-0.1, -0.05) is 0 Å². The van der Waals surface area contributed by atoms with Crippen molar-refractivity contribution in [1.82, 2.24) is 5.32 Å². The highest BCUT2D eigenvalue weighted by Gasteiger charge is 2.27. The van der Waals surface area contributed by atoms with E-state index in [1.54, 1.807) is 20.8 Å². The van der Waals surface area contributed by atoms with Crippen LogP contribution in [0.2, 0.25) is 0 Å². The fraction of sp³-hybridized carbons (Fsp3) is 0.800. The molecule has 6 heteroatoms. The molecule has 0 saturated carbocycles. The molecule has 1 unspecified atom stereocenters. The van der Waals surface area contributed by atoms with Crippen molar-refractivity contribution in [3.05, 3.63) is 0 Å². The lowest BCUT2D eigenvalue weighted by Gasteiger charge is -2.23. The van der Waals surface area contributed by atoms with Gasteiger partial charge in [-0.05, 0) is 20.8 Å². The van der Waals surface area contributed by atoms with Crippen molar-refractivity contribution in [2.24, 2.45) is 0 Å². The quantitative estimate of drug-likeness (QED) is 0.522. The second-order valence-corrected chi connectivity index (χ2v) is 4.47. The number of hydrogen-bond acceptors (Lipinski definition) is 6. The molecule has 1 atom stereocenters. The maximum Gasteiger partial charge on any atom is 0.516 e. The number of carbonyl (C=O) groups excluding carboxylic acids is 2. The minimum Gasteiger partial charge on any atom is -0.428 e. The van der Waals surface area contributed by atoms with Crippen LogP contribution in [-0.2, 0) is 19.0 Å². The van der Waals surface area contributed by atoms with E-state index in [2.05, 4.69) is 10.1 Å². The Balaban J connectivity index is 2.35. The summed E-state index contributed by atoms with van der Waals surface area (Å²) in [4.78, 5) is 22.6. The van der Waals surface area contributed by atoms with Gasteiger partial charge in [-0.2, -0.15) is 0 Å². The molecule has 0 aromatic carbocycles. The SMILES string of the molecule is CC(C)(C)OC(=O)OC(=O)C1COCCN1. The monoisotopic (exact) mass is 231 g/mol. The molecule has 1 heterocycles. The summed E-state index contributed by atoms with van der Waals surface area (Å²) >= 11 is 0. The molecule has 1 rings (SSSR count). The summed E-state index contributed by atoms with van der Waals surface area (Å²) < 4.78 is 14.4. The number of rotatable bonds is 1. The van der Waals surface area contributed by atoms with Crippen molar-refractivity contribution in [1.29, 1.82) is 0 Å². The number of nitrogens with one attached hydrogen (secondary N) is 1. The van der Waals surface area contributed by atoms with Gasteiger partial charge in [0.15, 0.2) is 0 Å². The van der Waals surface area contributed by atoms with Crippen LogP contribution in [0.15, 0.2) is 0 Å². The molecule has 0 aromatic rings. The lowest BCUT2D eigenvalue weighted by Crippen LogP contribution is -2.48. The Labute approximate surface area is 94.2 Å². The molecule has 0 radical (unpaired) electrons. The Morgan fingerprint density at radius 1 is 1.38 bits per heavy atom. The lowest BCUT2D eigenvalue weighted by atomic mass is 10.2. The minimum absolute atomic E-state index is 0.210. The van der Waals surface area contributed by atoms with E-state index in [-0.39, 0.29) is 6.61 Å². The van der Waals surface area contributed by atoms with Crippen molar-refractivity contribution in [2.45, 2.75) is 32.4 Å². The molecule has 16 heavy (non-hydrogen) atoms. The van der Waals surface area contributed by atoms with E-state index in [0.717, 1.165) is 0 Å². The summed E-state index contributed by atoms with van der Waals surface area (Å²) in [6.45, 7) is 6.41. The highest BCUT2D eigenvalue weighted by molar-refractivity contribution is 5.85. The number of morpholine rings is 1. The molecule has 0 bridgehead atoms. The Kier molecular flexibility index (Phi) is 4.26. The van der Waals surface area contributed by atoms with E-state index in [0.29, 0.717) is 13.2 Å². The molecule has 92 valence electrons. The maximum absolute atomic E-state index is 11.4. The van der Waals surface area contributed by atoms with Gasteiger partial charge in [0.2, 0.25) is 0 Å². The maximum atomic E-state index is 11.4. The lowest BCUT2D eigenvalue weighted by molar-refractivity contribution is -0.146. The van der Waals surface area contributed by atoms with Crippen LogP contribution in [0.4, 0.5) is 4.79 Å². The van der Waals surface area contributed by atoms with Gasteiger partial charge in [-0.25, -0.2) is 9.59 Å². The topological polar surface area (TPSA) is 73.9 Å². The second kappa shape index (κ2) is 5.27. The van der Waals surface area contributed by atoms with E-state index in [9.17, 15) is 9.59 Å². The van der Waals surface area contributed by atoms with Crippen molar-refractivity contribution < 1.29 is 23.8 Å². The fourth-order valence-corrected chi connectivity index (χ4v) is 1.14. The van der Waals surface area contributed by atoms with Gasteiger partial charge >= 0.3 is 12.1 Å². The molecule has 1 aliphatic heterocycles. The van der Waals surface area contributed by atoms with Gasteiger partial charge < -0.3 is 19.5 Å². The Morgan fingerprint density at radius 3 is 2.56 bits per heavy atom. The van der Waals surface area contributed by atoms with Crippen LogP contribution in [-0.4, -0.2) is 43.5 Å². The largest absolute Gasteiger partial charge is 0.516 e. The Bertz CT molecular complexity index is 265. The van der Waals surface area contributed by atoms with Crippen LogP contribution in [0.3, 0.4) is 0 Å². The Morgan fingerprint density at radius 2 is 2.06 bits per heavy atom. The zero-order valence-electron chi connectivity index (χ0n) is 9.74. The molecule has 0 spiro atoms. The van der Waals surface area contributed by atoms with E-state index < -0.39 is 23.8 Å². The molecule has 0 aliphatic carbocycles. The van der Waals surface area contributed by atoms with Crippen molar-refractivity contribution >= 4 is 12.1 Å². The summed E-state index contributed by atoms with van der Waals surface area (Å²) in [5, 5.41) is 2.88. The fourth-order valence-electron chi connectivity index (χ4n) is 1.14. The summed E-state index contributed by atoms with van der Waals surface area (Å²) in [5.41, 5.74) is -0.673. The first-order valence-corrected chi connectivity index (χ1v) is 5.14. The van der Waals surface area contributed by atoms with Crippen LogP contribution < -0.4 is 5.32 Å². The van der Waals surface area contributed by atoms with Gasteiger partial charge in [0, 0.05) is 6.54 Å². The first kappa shape index (κ1) is 12.9. The molecule has 0 amide bonds. The van der Waals surface area contributed by atoms with Crippen LogP contribution in [0, 0.1) is 0 Å². The molecule has 6 nitrogen and oxygen atoms in total. The zero-order chi connectivity index (χ0) is 12.2. The third-order valence-corrected chi connectivity index (χ3v) is 1.78. The third kappa shape index (κ3) is 4.59. The van der Waals surface area contributed by atoms with E-state index in [1.165, 1.54) is 0 Å². The van der Waals surface area contributed by atoms with E-state index in [4.69, 9.17) is 9.47 Å². The van der Waals surface area contributed by atoms with E-state index >= 15 is 0 Å². The van der Waals surface area contributed by atoms with Gasteiger partial charge in [-0.15, -0.1) is 0 Å². The van der Waals surface area contributed by atoms with Gasteiger partial charge in [0.05, 0.1) is 13.2 Å². The highest BCUT2D eigenvalue weighted by Crippen LogP contribution is 2.08. The van der Waals surface area contributed by atoms with Gasteiger partial charge in [-0.3, -0.25) is 0 Å². The molecule has 1 aliphatic rings. The standard InChI is InChI=1S/C10H17NO5/c1-10(2,3)16-9(13)15-8(12)7-6-14-5-4-11-7/h7,11H,4-6H2,1-3H3. The summed E-state index contributed by atoms with van der Waals surface area (Å²) in [6.07, 6.45) is -0.982. The number of esters is 1. The predicted molar refractivity (Wildman–Crippen MR) is 54.9 cm³/mol. The highest BCUT2D eigenvalue weighted by atomic mass is 16.7. The normalized spacial score (nSPS) is 21.3. The number of ether oxygens (including phenoxy) is 3.